The Labute approximate surface area is 136 Å². The van der Waals surface area contributed by atoms with Crippen LogP contribution in [0.1, 0.15) is 29.9 Å². The monoisotopic (exact) mass is 341 g/mol. The SMILES string of the molecule is CC(C)CC(NC(=O)c1cc2sc(N(C)C)nc2s1)C(=O)O. The number of nitrogens with zero attached hydrogens (tertiary/aromatic N) is 2. The van der Waals surface area contributed by atoms with Crippen LogP contribution in [-0.2, 0) is 4.79 Å². The van der Waals surface area contributed by atoms with Crippen LogP contribution in [0.15, 0.2) is 6.07 Å². The fourth-order valence-corrected chi connectivity index (χ4v) is 3.99. The highest BCUT2D eigenvalue weighted by Gasteiger charge is 2.23. The molecule has 120 valence electrons. The van der Waals surface area contributed by atoms with E-state index in [1.807, 2.05) is 32.8 Å². The Morgan fingerprint density at radius 1 is 1.36 bits per heavy atom. The third-order valence-electron chi connectivity index (χ3n) is 2.99. The second-order valence-corrected chi connectivity index (χ2v) is 7.70. The van der Waals surface area contributed by atoms with E-state index in [1.54, 1.807) is 6.07 Å². The number of fused-ring (bicyclic) bond motifs is 1. The van der Waals surface area contributed by atoms with Crippen molar-refractivity contribution in [2.75, 3.05) is 19.0 Å². The molecule has 0 saturated carbocycles. The molecular formula is C14H19N3O3S2. The fourth-order valence-electron chi connectivity index (χ4n) is 1.95. The Balaban J connectivity index is 2.14. The van der Waals surface area contributed by atoms with Gasteiger partial charge in [-0.1, -0.05) is 25.2 Å². The lowest BCUT2D eigenvalue weighted by atomic mass is 10.0. The molecule has 2 aromatic rings. The van der Waals surface area contributed by atoms with Gasteiger partial charge in [0.15, 0.2) is 5.13 Å². The minimum atomic E-state index is -1.01. The number of rotatable bonds is 6. The summed E-state index contributed by atoms with van der Waals surface area (Å²) in [5, 5.41) is 12.7. The summed E-state index contributed by atoms with van der Waals surface area (Å²) in [7, 11) is 3.83. The van der Waals surface area contributed by atoms with Gasteiger partial charge in [0.25, 0.3) is 5.91 Å². The van der Waals surface area contributed by atoms with Gasteiger partial charge in [0.05, 0.1) is 9.58 Å². The number of hydrogen-bond donors (Lipinski definition) is 2. The smallest absolute Gasteiger partial charge is 0.326 e. The molecule has 2 aromatic heterocycles. The maximum Gasteiger partial charge on any atom is 0.326 e. The van der Waals surface area contributed by atoms with Crippen LogP contribution in [0.4, 0.5) is 5.13 Å². The average molecular weight is 341 g/mol. The van der Waals surface area contributed by atoms with Crippen LogP contribution in [0.5, 0.6) is 0 Å². The molecule has 1 atom stereocenters. The van der Waals surface area contributed by atoms with Crippen molar-refractivity contribution in [1.82, 2.24) is 10.3 Å². The van der Waals surface area contributed by atoms with Gasteiger partial charge in [0.1, 0.15) is 10.9 Å². The van der Waals surface area contributed by atoms with Gasteiger partial charge >= 0.3 is 5.97 Å². The number of carbonyl (C=O) groups is 2. The van der Waals surface area contributed by atoms with E-state index in [0.29, 0.717) is 11.3 Å². The molecule has 2 N–H and O–H groups in total. The molecule has 2 rings (SSSR count). The summed E-state index contributed by atoms with van der Waals surface area (Å²) in [6.07, 6.45) is 0.407. The molecule has 0 aliphatic heterocycles. The Morgan fingerprint density at radius 3 is 2.55 bits per heavy atom. The lowest BCUT2D eigenvalue weighted by molar-refractivity contribution is -0.139. The highest BCUT2D eigenvalue weighted by atomic mass is 32.1. The van der Waals surface area contributed by atoms with Crippen molar-refractivity contribution in [3.63, 3.8) is 0 Å². The number of nitrogens with one attached hydrogen (secondary N) is 1. The fraction of sp³-hybridized carbons (Fsp3) is 0.500. The maximum atomic E-state index is 12.2. The average Bonchev–Trinajstić information content (AvgIpc) is 2.94. The predicted molar refractivity (Wildman–Crippen MR) is 90.2 cm³/mol. The summed E-state index contributed by atoms with van der Waals surface area (Å²) in [5.74, 6) is -1.17. The standard InChI is InChI=1S/C14H19N3O3S2/c1-7(2)5-8(13(19)20)15-11(18)9-6-10-12(21-9)16-14(22-10)17(3)4/h6-8H,5H2,1-4H3,(H,15,18)(H,19,20). The zero-order valence-corrected chi connectivity index (χ0v) is 14.5. The molecule has 0 spiro atoms. The van der Waals surface area contributed by atoms with Crippen molar-refractivity contribution in [1.29, 1.82) is 0 Å². The number of anilines is 1. The first-order valence-corrected chi connectivity index (χ1v) is 8.52. The summed E-state index contributed by atoms with van der Waals surface area (Å²) >= 11 is 2.79. The first-order valence-electron chi connectivity index (χ1n) is 6.89. The number of carboxylic acid groups (broad SMARTS) is 1. The summed E-state index contributed by atoms with van der Waals surface area (Å²) in [5.41, 5.74) is 0. The van der Waals surface area contributed by atoms with Gasteiger partial charge in [0.2, 0.25) is 0 Å². The van der Waals surface area contributed by atoms with Crippen LogP contribution in [0, 0.1) is 5.92 Å². The van der Waals surface area contributed by atoms with Crippen LogP contribution in [0.3, 0.4) is 0 Å². The second-order valence-electron chi connectivity index (χ2n) is 5.66. The van der Waals surface area contributed by atoms with Crippen molar-refractivity contribution in [2.45, 2.75) is 26.3 Å². The lowest BCUT2D eigenvalue weighted by Crippen LogP contribution is -2.41. The number of amides is 1. The summed E-state index contributed by atoms with van der Waals surface area (Å²) < 4.78 is 0.939. The van der Waals surface area contributed by atoms with Crippen molar-refractivity contribution >= 4 is 49.2 Å². The number of carbonyl (C=O) groups excluding carboxylic acids is 1. The molecule has 1 unspecified atom stereocenters. The molecule has 0 aromatic carbocycles. The van der Waals surface area contributed by atoms with Crippen LogP contribution in [-0.4, -0.2) is 42.1 Å². The van der Waals surface area contributed by atoms with E-state index in [0.717, 1.165) is 14.7 Å². The maximum absolute atomic E-state index is 12.2. The van der Waals surface area contributed by atoms with Crippen LogP contribution >= 0.6 is 22.7 Å². The summed E-state index contributed by atoms with van der Waals surface area (Å²) in [6.45, 7) is 3.85. The predicted octanol–water partition coefficient (Wildman–Crippen LogP) is 2.65. The number of thiophene rings is 1. The molecular weight excluding hydrogens is 322 g/mol. The highest BCUT2D eigenvalue weighted by molar-refractivity contribution is 7.29. The van der Waals surface area contributed by atoms with E-state index in [9.17, 15) is 14.7 Å². The van der Waals surface area contributed by atoms with Crippen LogP contribution in [0.2, 0.25) is 0 Å². The molecule has 0 fully saturated rings. The summed E-state index contributed by atoms with van der Waals surface area (Å²) in [6, 6.07) is 0.909. The number of thiazole rings is 1. The van der Waals surface area contributed by atoms with Crippen molar-refractivity contribution in [3.8, 4) is 0 Å². The van der Waals surface area contributed by atoms with Gasteiger partial charge in [-0.2, -0.15) is 0 Å². The molecule has 0 saturated heterocycles. The molecule has 2 heterocycles. The third-order valence-corrected chi connectivity index (χ3v) is 5.32. The number of aliphatic carboxylic acids is 1. The van der Waals surface area contributed by atoms with Gasteiger partial charge in [0, 0.05) is 14.1 Å². The molecule has 1 amide bonds. The normalized spacial score (nSPS) is 12.6. The zero-order chi connectivity index (χ0) is 16.4. The van der Waals surface area contributed by atoms with Gasteiger partial charge < -0.3 is 15.3 Å². The van der Waals surface area contributed by atoms with E-state index in [4.69, 9.17) is 0 Å². The van der Waals surface area contributed by atoms with Crippen molar-refractivity contribution in [2.24, 2.45) is 5.92 Å². The molecule has 0 aliphatic rings. The summed E-state index contributed by atoms with van der Waals surface area (Å²) in [4.78, 5) is 31.1. The van der Waals surface area contributed by atoms with Crippen LogP contribution in [0.25, 0.3) is 9.53 Å². The highest BCUT2D eigenvalue weighted by Crippen LogP contribution is 2.33. The van der Waals surface area contributed by atoms with Crippen LogP contribution < -0.4 is 10.2 Å². The molecule has 22 heavy (non-hydrogen) atoms. The number of aromatic nitrogens is 1. The van der Waals surface area contributed by atoms with Gasteiger partial charge in [-0.05, 0) is 18.4 Å². The van der Waals surface area contributed by atoms with E-state index < -0.39 is 12.0 Å². The first-order chi connectivity index (χ1) is 10.3. The Bertz CT molecular complexity index is 659. The molecule has 0 radical (unpaired) electrons. The first kappa shape index (κ1) is 16.7. The number of hydrogen-bond acceptors (Lipinski definition) is 6. The third kappa shape index (κ3) is 3.75. The Morgan fingerprint density at radius 2 is 2.05 bits per heavy atom. The van der Waals surface area contributed by atoms with E-state index in [-0.39, 0.29) is 11.8 Å². The van der Waals surface area contributed by atoms with E-state index in [1.165, 1.54) is 22.7 Å². The Kier molecular flexibility index (Phi) is 5.02. The quantitative estimate of drug-likeness (QED) is 0.844. The van der Waals surface area contributed by atoms with Gasteiger partial charge in [-0.25, -0.2) is 9.78 Å². The van der Waals surface area contributed by atoms with Crippen molar-refractivity contribution in [3.05, 3.63) is 10.9 Å². The minimum Gasteiger partial charge on any atom is -0.480 e. The van der Waals surface area contributed by atoms with E-state index in [2.05, 4.69) is 10.3 Å². The zero-order valence-electron chi connectivity index (χ0n) is 12.9. The van der Waals surface area contributed by atoms with Gasteiger partial charge in [-0.15, -0.1) is 11.3 Å². The molecule has 8 heteroatoms. The molecule has 0 bridgehead atoms. The van der Waals surface area contributed by atoms with Gasteiger partial charge in [-0.3, -0.25) is 4.79 Å². The Hall–Kier alpha value is -1.67. The largest absolute Gasteiger partial charge is 0.480 e. The second kappa shape index (κ2) is 6.62. The topological polar surface area (TPSA) is 82.5 Å². The lowest BCUT2D eigenvalue weighted by Gasteiger charge is -2.15. The minimum absolute atomic E-state index is 0.192. The van der Waals surface area contributed by atoms with E-state index >= 15 is 0 Å². The van der Waals surface area contributed by atoms with Crippen molar-refractivity contribution < 1.29 is 14.7 Å². The number of carboxylic acids is 1. The molecule has 6 nitrogen and oxygen atoms in total. The molecule has 0 aliphatic carbocycles.